The zero-order valence-corrected chi connectivity index (χ0v) is 13.9. The predicted octanol–water partition coefficient (Wildman–Crippen LogP) is 1.67. The van der Waals surface area contributed by atoms with Gasteiger partial charge in [-0.2, -0.15) is 0 Å². The lowest BCUT2D eigenvalue weighted by Crippen LogP contribution is -2.47. The maximum Gasteiger partial charge on any atom is 0.224 e. The van der Waals surface area contributed by atoms with Gasteiger partial charge in [-0.1, -0.05) is 25.0 Å². The maximum absolute atomic E-state index is 12.5. The molecule has 0 bridgehead atoms. The van der Waals surface area contributed by atoms with Crippen LogP contribution in [0, 0.1) is 0 Å². The van der Waals surface area contributed by atoms with E-state index in [-0.39, 0.29) is 11.4 Å². The second-order valence-corrected chi connectivity index (χ2v) is 6.38. The molecule has 1 aromatic heterocycles. The molecule has 1 saturated carbocycles. The van der Waals surface area contributed by atoms with Gasteiger partial charge in [0.05, 0.1) is 12.1 Å². The molecule has 1 heterocycles. The fourth-order valence-electron chi connectivity index (χ4n) is 3.36. The van der Waals surface area contributed by atoms with Crippen LogP contribution in [0.3, 0.4) is 0 Å². The van der Waals surface area contributed by atoms with E-state index in [1.54, 1.807) is 18.1 Å². The van der Waals surface area contributed by atoms with Crippen molar-refractivity contribution in [3.05, 3.63) is 36.2 Å². The van der Waals surface area contributed by atoms with E-state index in [9.17, 15) is 4.79 Å². The normalized spacial score (nSPS) is 16.2. The standard InChI is InChI=1S/C17H23N5O2/c1-24-11-10-17(8-2-3-9-17)19-16(23)12-14-4-6-15(7-5-14)22-13-18-20-21-22/h4-7,13H,2-3,8-12H2,1H3,(H,19,23). The Morgan fingerprint density at radius 2 is 2.04 bits per heavy atom. The number of tetrazole rings is 1. The molecular weight excluding hydrogens is 306 g/mol. The van der Waals surface area contributed by atoms with Crippen LogP contribution in [0.2, 0.25) is 0 Å². The van der Waals surface area contributed by atoms with Crippen molar-refractivity contribution in [1.82, 2.24) is 25.5 Å². The first kappa shape index (κ1) is 16.6. The van der Waals surface area contributed by atoms with Crippen LogP contribution in [-0.2, 0) is 16.0 Å². The summed E-state index contributed by atoms with van der Waals surface area (Å²) >= 11 is 0. The van der Waals surface area contributed by atoms with E-state index in [1.807, 2.05) is 24.3 Å². The molecule has 24 heavy (non-hydrogen) atoms. The van der Waals surface area contributed by atoms with Gasteiger partial charge < -0.3 is 10.1 Å². The number of carbonyl (C=O) groups is 1. The number of amides is 1. The SMILES string of the molecule is COCCC1(NC(=O)Cc2ccc(-n3cnnn3)cc2)CCCC1. The van der Waals surface area contributed by atoms with Gasteiger partial charge in [0.2, 0.25) is 5.91 Å². The van der Waals surface area contributed by atoms with E-state index in [2.05, 4.69) is 20.8 Å². The Morgan fingerprint density at radius 1 is 1.29 bits per heavy atom. The van der Waals surface area contributed by atoms with Crippen LogP contribution in [-0.4, -0.2) is 45.4 Å². The van der Waals surface area contributed by atoms with E-state index >= 15 is 0 Å². The fraction of sp³-hybridized carbons (Fsp3) is 0.529. The highest BCUT2D eigenvalue weighted by molar-refractivity contribution is 5.79. The minimum atomic E-state index is -0.0839. The van der Waals surface area contributed by atoms with Crippen LogP contribution in [0.4, 0.5) is 0 Å². The number of hydrogen-bond acceptors (Lipinski definition) is 5. The molecule has 0 saturated heterocycles. The Bertz CT molecular complexity index is 648. The van der Waals surface area contributed by atoms with Crippen molar-refractivity contribution in [2.24, 2.45) is 0 Å². The van der Waals surface area contributed by atoms with Gasteiger partial charge in [0.25, 0.3) is 0 Å². The average molecular weight is 329 g/mol. The van der Waals surface area contributed by atoms with Gasteiger partial charge in [-0.05, 0) is 47.4 Å². The lowest BCUT2D eigenvalue weighted by Gasteiger charge is -2.30. The number of nitrogens with one attached hydrogen (secondary N) is 1. The van der Waals surface area contributed by atoms with Crippen molar-refractivity contribution in [3.63, 3.8) is 0 Å². The lowest BCUT2D eigenvalue weighted by molar-refractivity contribution is -0.122. The van der Waals surface area contributed by atoms with E-state index in [0.717, 1.165) is 30.5 Å². The van der Waals surface area contributed by atoms with E-state index in [0.29, 0.717) is 13.0 Å². The zero-order chi connectivity index (χ0) is 16.8. The van der Waals surface area contributed by atoms with Crippen molar-refractivity contribution in [3.8, 4) is 5.69 Å². The fourth-order valence-corrected chi connectivity index (χ4v) is 3.36. The van der Waals surface area contributed by atoms with Gasteiger partial charge >= 0.3 is 0 Å². The largest absolute Gasteiger partial charge is 0.385 e. The number of hydrogen-bond donors (Lipinski definition) is 1. The first-order chi connectivity index (χ1) is 11.7. The van der Waals surface area contributed by atoms with Crippen LogP contribution in [0.15, 0.2) is 30.6 Å². The molecule has 7 heteroatoms. The van der Waals surface area contributed by atoms with Crippen molar-refractivity contribution in [2.45, 2.75) is 44.1 Å². The topological polar surface area (TPSA) is 81.9 Å². The molecule has 0 spiro atoms. The summed E-state index contributed by atoms with van der Waals surface area (Å²) < 4.78 is 6.79. The Hall–Kier alpha value is -2.28. The summed E-state index contributed by atoms with van der Waals surface area (Å²) in [7, 11) is 1.71. The van der Waals surface area contributed by atoms with Crippen molar-refractivity contribution in [2.75, 3.05) is 13.7 Å². The first-order valence-corrected chi connectivity index (χ1v) is 8.33. The molecule has 0 radical (unpaired) electrons. The lowest BCUT2D eigenvalue weighted by atomic mass is 9.93. The van der Waals surface area contributed by atoms with Gasteiger partial charge in [-0.15, -0.1) is 5.10 Å². The first-order valence-electron chi connectivity index (χ1n) is 8.33. The number of methoxy groups -OCH3 is 1. The molecule has 3 rings (SSSR count). The summed E-state index contributed by atoms with van der Waals surface area (Å²) in [5, 5.41) is 14.3. The third kappa shape index (κ3) is 3.97. The molecule has 128 valence electrons. The van der Waals surface area contributed by atoms with E-state index < -0.39 is 0 Å². The number of rotatable bonds is 7. The molecule has 1 N–H and O–H groups in total. The third-order valence-corrected chi connectivity index (χ3v) is 4.66. The van der Waals surface area contributed by atoms with Gasteiger partial charge in [0.1, 0.15) is 6.33 Å². The average Bonchev–Trinajstić information content (AvgIpc) is 3.26. The summed E-state index contributed by atoms with van der Waals surface area (Å²) in [6.45, 7) is 0.681. The number of carbonyl (C=O) groups excluding carboxylic acids is 1. The zero-order valence-electron chi connectivity index (χ0n) is 13.9. The number of benzene rings is 1. The Labute approximate surface area is 141 Å². The molecule has 1 aliphatic carbocycles. The van der Waals surface area contributed by atoms with Crippen LogP contribution < -0.4 is 5.32 Å². The number of nitrogens with zero attached hydrogens (tertiary/aromatic N) is 4. The highest BCUT2D eigenvalue weighted by Gasteiger charge is 2.34. The van der Waals surface area contributed by atoms with Crippen molar-refractivity contribution < 1.29 is 9.53 Å². The summed E-state index contributed by atoms with van der Waals surface area (Å²) in [5.41, 5.74) is 1.76. The Balaban J connectivity index is 1.59. The monoisotopic (exact) mass is 329 g/mol. The van der Waals surface area contributed by atoms with Crippen LogP contribution in [0.1, 0.15) is 37.7 Å². The summed E-state index contributed by atoms with van der Waals surface area (Å²) in [6.07, 6.45) is 7.23. The molecule has 7 nitrogen and oxygen atoms in total. The molecular formula is C17H23N5O2. The van der Waals surface area contributed by atoms with Gasteiger partial charge in [0, 0.05) is 19.3 Å². The van der Waals surface area contributed by atoms with Gasteiger partial charge in [-0.3, -0.25) is 4.79 Å². The minimum Gasteiger partial charge on any atom is -0.385 e. The smallest absolute Gasteiger partial charge is 0.224 e. The Morgan fingerprint density at radius 3 is 2.67 bits per heavy atom. The van der Waals surface area contributed by atoms with Gasteiger partial charge in [-0.25, -0.2) is 4.68 Å². The summed E-state index contributed by atoms with van der Waals surface area (Å²) in [4.78, 5) is 12.5. The second-order valence-electron chi connectivity index (χ2n) is 6.38. The highest BCUT2D eigenvalue weighted by Crippen LogP contribution is 2.32. The Kier molecular flexibility index (Phi) is 5.20. The minimum absolute atomic E-state index is 0.0724. The van der Waals surface area contributed by atoms with Crippen molar-refractivity contribution in [1.29, 1.82) is 0 Å². The van der Waals surface area contributed by atoms with Crippen LogP contribution in [0.5, 0.6) is 0 Å². The predicted molar refractivity (Wildman–Crippen MR) is 88.7 cm³/mol. The second kappa shape index (κ2) is 7.53. The molecule has 1 fully saturated rings. The van der Waals surface area contributed by atoms with Crippen LogP contribution >= 0.6 is 0 Å². The maximum atomic E-state index is 12.5. The molecule has 1 aromatic carbocycles. The van der Waals surface area contributed by atoms with E-state index in [1.165, 1.54) is 12.8 Å². The quantitative estimate of drug-likeness (QED) is 0.835. The summed E-state index contributed by atoms with van der Waals surface area (Å²) in [6, 6.07) is 7.70. The molecule has 0 aliphatic heterocycles. The number of ether oxygens (including phenoxy) is 1. The van der Waals surface area contributed by atoms with Crippen LogP contribution in [0.25, 0.3) is 5.69 Å². The molecule has 0 atom stereocenters. The molecule has 0 unspecified atom stereocenters. The highest BCUT2D eigenvalue weighted by atomic mass is 16.5. The summed E-state index contributed by atoms with van der Waals surface area (Å²) in [5.74, 6) is 0.0724. The van der Waals surface area contributed by atoms with E-state index in [4.69, 9.17) is 4.74 Å². The third-order valence-electron chi connectivity index (χ3n) is 4.66. The van der Waals surface area contributed by atoms with Crippen molar-refractivity contribution >= 4 is 5.91 Å². The molecule has 1 aliphatic rings. The molecule has 1 amide bonds. The van der Waals surface area contributed by atoms with Gasteiger partial charge in [0.15, 0.2) is 0 Å². The molecule has 2 aromatic rings. The number of aromatic nitrogens is 4.